The molecule has 2 N–H and O–H groups in total. The van der Waals surface area contributed by atoms with Crippen LogP contribution in [0.15, 0.2) is 24.3 Å². The third kappa shape index (κ3) is 2.50. The number of nitrogens with one attached hydrogen (secondary N) is 1. The topological polar surface area (TPSA) is 54.3 Å². The van der Waals surface area contributed by atoms with E-state index >= 15 is 0 Å². The number of carboxylic acid groups (broad SMARTS) is 1. The molecule has 2 aromatic heterocycles. The molecule has 2 rings (SSSR count). The Morgan fingerprint density at radius 2 is 1.94 bits per heavy atom. The van der Waals surface area contributed by atoms with Crippen molar-refractivity contribution in [3.8, 4) is 0 Å². The van der Waals surface area contributed by atoms with Crippen molar-refractivity contribution >= 4 is 17.3 Å². The number of thiophene rings is 1. The average Bonchev–Trinajstić information content (AvgIpc) is 2.85. The molecule has 0 aliphatic rings. The van der Waals surface area contributed by atoms with Gasteiger partial charge in [-0.15, -0.1) is 11.3 Å². The first-order valence-electron chi connectivity index (χ1n) is 5.29. The number of carboxylic acids is 1. The van der Waals surface area contributed by atoms with Crippen molar-refractivity contribution in [3.05, 3.63) is 45.4 Å². The van der Waals surface area contributed by atoms with Crippen molar-refractivity contribution in [2.45, 2.75) is 20.4 Å². The highest BCUT2D eigenvalue weighted by molar-refractivity contribution is 7.13. The zero-order valence-corrected chi connectivity index (χ0v) is 10.5. The fourth-order valence-corrected chi connectivity index (χ4v) is 2.44. The minimum absolute atomic E-state index is 0.378. The molecule has 0 amide bonds. The monoisotopic (exact) mass is 250 g/mol. The van der Waals surface area contributed by atoms with E-state index in [2.05, 4.69) is 5.43 Å². The first-order valence-corrected chi connectivity index (χ1v) is 6.10. The summed E-state index contributed by atoms with van der Waals surface area (Å²) in [7, 11) is 0. The van der Waals surface area contributed by atoms with Crippen LogP contribution in [0.3, 0.4) is 0 Å². The van der Waals surface area contributed by atoms with E-state index in [1.54, 1.807) is 6.07 Å². The molecule has 0 aromatic carbocycles. The van der Waals surface area contributed by atoms with Gasteiger partial charge in [-0.05, 0) is 38.1 Å². The van der Waals surface area contributed by atoms with Gasteiger partial charge in [0.15, 0.2) is 0 Å². The lowest BCUT2D eigenvalue weighted by molar-refractivity contribution is 0.0702. The molecule has 0 saturated heterocycles. The largest absolute Gasteiger partial charge is 0.477 e. The molecular formula is C12H14N2O2S. The lowest BCUT2D eigenvalue weighted by atomic mass is 10.4. The maximum absolute atomic E-state index is 10.7. The standard InChI is InChI=1S/C12H14N2O2S/c1-8-3-4-9(2)14(8)13-7-10-5-6-11(17-10)12(15)16/h3-6,13H,7H2,1-2H3,(H,15,16). The first kappa shape index (κ1) is 11.7. The van der Waals surface area contributed by atoms with Crippen molar-refractivity contribution in [3.63, 3.8) is 0 Å². The predicted molar refractivity (Wildman–Crippen MR) is 68.2 cm³/mol. The van der Waals surface area contributed by atoms with Gasteiger partial charge < -0.3 is 10.5 Å². The van der Waals surface area contributed by atoms with Crippen LogP contribution in [0.5, 0.6) is 0 Å². The van der Waals surface area contributed by atoms with Gasteiger partial charge >= 0.3 is 5.97 Å². The Hall–Kier alpha value is -1.75. The Labute approximate surface area is 103 Å². The van der Waals surface area contributed by atoms with E-state index in [1.165, 1.54) is 11.3 Å². The Morgan fingerprint density at radius 3 is 2.47 bits per heavy atom. The van der Waals surface area contributed by atoms with Crippen molar-refractivity contribution in [1.29, 1.82) is 0 Å². The second-order valence-corrected chi connectivity index (χ2v) is 5.03. The SMILES string of the molecule is Cc1ccc(C)n1NCc1ccc(C(=O)O)s1. The smallest absolute Gasteiger partial charge is 0.345 e. The van der Waals surface area contributed by atoms with Gasteiger partial charge in [0.2, 0.25) is 0 Å². The zero-order chi connectivity index (χ0) is 12.4. The molecule has 0 radical (unpaired) electrons. The summed E-state index contributed by atoms with van der Waals surface area (Å²) >= 11 is 1.30. The molecule has 17 heavy (non-hydrogen) atoms. The minimum atomic E-state index is -0.866. The predicted octanol–water partition coefficient (Wildman–Crippen LogP) is 2.61. The quantitative estimate of drug-likeness (QED) is 0.877. The molecule has 0 saturated carbocycles. The van der Waals surface area contributed by atoms with Crippen LogP contribution in [0.25, 0.3) is 0 Å². The number of hydrogen-bond donors (Lipinski definition) is 2. The van der Waals surface area contributed by atoms with Gasteiger partial charge in [-0.1, -0.05) is 0 Å². The van der Waals surface area contributed by atoms with E-state index in [1.807, 2.05) is 36.7 Å². The number of aromatic carboxylic acids is 1. The molecule has 0 unspecified atom stereocenters. The van der Waals surface area contributed by atoms with E-state index in [0.717, 1.165) is 16.3 Å². The number of rotatable bonds is 4. The van der Waals surface area contributed by atoms with Gasteiger partial charge in [0.05, 0.1) is 6.54 Å². The van der Waals surface area contributed by atoms with Crippen LogP contribution in [0.1, 0.15) is 25.9 Å². The Balaban J connectivity index is 2.05. The van der Waals surface area contributed by atoms with E-state index in [0.29, 0.717) is 11.4 Å². The molecule has 0 aliphatic heterocycles. The van der Waals surface area contributed by atoms with Crippen LogP contribution in [0, 0.1) is 13.8 Å². The summed E-state index contributed by atoms with van der Waals surface area (Å²) in [5, 5.41) is 8.82. The first-order chi connectivity index (χ1) is 8.08. The van der Waals surface area contributed by atoms with Crippen molar-refractivity contribution in [2.75, 3.05) is 5.43 Å². The molecule has 5 heteroatoms. The molecule has 0 spiro atoms. The molecule has 0 aliphatic carbocycles. The van der Waals surface area contributed by atoms with Gasteiger partial charge in [0, 0.05) is 16.3 Å². The molecule has 0 atom stereocenters. The molecule has 4 nitrogen and oxygen atoms in total. The summed E-state index contributed by atoms with van der Waals surface area (Å²) in [5.74, 6) is -0.866. The molecule has 0 fully saturated rings. The summed E-state index contributed by atoms with van der Waals surface area (Å²) < 4.78 is 2.00. The maximum Gasteiger partial charge on any atom is 0.345 e. The van der Waals surface area contributed by atoms with Crippen LogP contribution < -0.4 is 5.43 Å². The highest BCUT2D eigenvalue weighted by atomic mass is 32.1. The number of carbonyl (C=O) groups is 1. The zero-order valence-electron chi connectivity index (χ0n) is 9.73. The van der Waals surface area contributed by atoms with Crippen LogP contribution in [-0.4, -0.2) is 15.8 Å². The molecule has 90 valence electrons. The number of aromatic nitrogens is 1. The van der Waals surface area contributed by atoms with Gasteiger partial charge in [-0.25, -0.2) is 4.79 Å². The summed E-state index contributed by atoms with van der Waals surface area (Å²) in [5.41, 5.74) is 5.54. The van der Waals surface area contributed by atoms with E-state index in [9.17, 15) is 4.79 Å². The van der Waals surface area contributed by atoms with Crippen LogP contribution in [0.4, 0.5) is 0 Å². The van der Waals surface area contributed by atoms with Crippen LogP contribution in [-0.2, 0) is 6.54 Å². The highest BCUT2D eigenvalue weighted by Crippen LogP contribution is 2.16. The lowest BCUT2D eigenvalue weighted by Gasteiger charge is -2.11. The van der Waals surface area contributed by atoms with Crippen molar-refractivity contribution in [1.82, 2.24) is 4.68 Å². The summed E-state index contributed by atoms with van der Waals surface area (Å²) in [4.78, 5) is 12.1. The van der Waals surface area contributed by atoms with Crippen LogP contribution >= 0.6 is 11.3 Å². The van der Waals surface area contributed by atoms with Crippen LogP contribution in [0.2, 0.25) is 0 Å². The Bertz CT molecular complexity index is 523. The Kier molecular flexibility index (Phi) is 3.19. The number of aryl methyl sites for hydroxylation is 2. The van der Waals surface area contributed by atoms with E-state index in [-0.39, 0.29) is 0 Å². The molecule has 0 bridgehead atoms. The molecule has 2 aromatic rings. The van der Waals surface area contributed by atoms with Crippen molar-refractivity contribution < 1.29 is 9.90 Å². The van der Waals surface area contributed by atoms with Gasteiger partial charge in [0.25, 0.3) is 0 Å². The van der Waals surface area contributed by atoms with E-state index < -0.39 is 5.97 Å². The fourth-order valence-electron chi connectivity index (χ4n) is 1.66. The summed E-state index contributed by atoms with van der Waals surface area (Å²) in [6.07, 6.45) is 0. The maximum atomic E-state index is 10.7. The summed E-state index contributed by atoms with van der Waals surface area (Å²) in [6.45, 7) is 4.68. The van der Waals surface area contributed by atoms with E-state index in [4.69, 9.17) is 5.11 Å². The highest BCUT2D eigenvalue weighted by Gasteiger charge is 2.07. The molecular weight excluding hydrogens is 236 g/mol. The normalized spacial score (nSPS) is 10.5. The van der Waals surface area contributed by atoms with Gasteiger partial charge in [0.1, 0.15) is 4.88 Å². The number of nitrogens with zero attached hydrogens (tertiary/aromatic N) is 1. The molecule has 2 heterocycles. The minimum Gasteiger partial charge on any atom is -0.477 e. The third-order valence-corrected chi connectivity index (χ3v) is 3.63. The van der Waals surface area contributed by atoms with Gasteiger partial charge in [-0.3, -0.25) is 4.68 Å². The third-order valence-electron chi connectivity index (χ3n) is 2.55. The second-order valence-electron chi connectivity index (χ2n) is 3.86. The Morgan fingerprint density at radius 1 is 1.29 bits per heavy atom. The average molecular weight is 250 g/mol. The fraction of sp³-hybridized carbons (Fsp3) is 0.250. The summed E-state index contributed by atoms with van der Waals surface area (Å²) in [6, 6.07) is 7.56. The lowest BCUT2D eigenvalue weighted by Crippen LogP contribution is -2.16. The van der Waals surface area contributed by atoms with Crippen molar-refractivity contribution in [2.24, 2.45) is 0 Å². The van der Waals surface area contributed by atoms with Gasteiger partial charge in [-0.2, -0.15) is 0 Å². The second kappa shape index (κ2) is 4.63. The number of hydrogen-bond acceptors (Lipinski definition) is 3.